The number of aliphatic hydroxyl groups is 1. The van der Waals surface area contributed by atoms with Crippen molar-refractivity contribution in [1.82, 2.24) is 0 Å². The molecule has 20 heavy (non-hydrogen) atoms. The molecule has 0 heterocycles. The Balaban J connectivity index is 1.99. The molecule has 1 N–H and O–H groups in total. The number of rotatable bonds is 3. The zero-order chi connectivity index (χ0) is 14.2. The van der Waals surface area contributed by atoms with E-state index in [-0.39, 0.29) is 5.41 Å². The van der Waals surface area contributed by atoms with Crippen LogP contribution in [-0.4, -0.2) is 5.11 Å². The molecule has 1 fully saturated rings. The van der Waals surface area contributed by atoms with Gasteiger partial charge in [0.25, 0.3) is 0 Å². The van der Waals surface area contributed by atoms with E-state index in [0.717, 1.165) is 29.0 Å². The zero-order valence-electron chi connectivity index (χ0n) is 11.6. The van der Waals surface area contributed by atoms with Gasteiger partial charge in [-0.2, -0.15) is 0 Å². The Hall–Kier alpha value is -1.31. The van der Waals surface area contributed by atoms with Gasteiger partial charge in [0.05, 0.1) is 6.10 Å². The van der Waals surface area contributed by atoms with E-state index in [1.54, 1.807) is 0 Å². The molecule has 0 amide bonds. The summed E-state index contributed by atoms with van der Waals surface area (Å²) in [7, 11) is 0. The average molecular weight is 287 g/mol. The second kappa shape index (κ2) is 5.23. The number of aryl methyl sites for hydroxylation is 1. The molecule has 1 aliphatic carbocycles. The highest BCUT2D eigenvalue weighted by Crippen LogP contribution is 2.52. The largest absolute Gasteiger partial charge is 0.387 e. The molecule has 1 unspecified atom stereocenters. The maximum Gasteiger partial charge on any atom is 0.0887 e. The molecule has 2 aromatic rings. The van der Waals surface area contributed by atoms with Crippen LogP contribution in [0.1, 0.15) is 42.1 Å². The lowest BCUT2D eigenvalue weighted by Gasteiger charge is -2.46. The number of hydrogen-bond acceptors (Lipinski definition) is 1. The van der Waals surface area contributed by atoms with Gasteiger partial charge in [-0.25, -0.2) is 0 Å². The van der Waals surface area contributed by atoms with Crippen molar-refractivity contribution >= 4 is 11.6 Å². The lowest BCUT2D eigenvalue weighted by Crippen LogP contribution is -2.40. The van der Waals surface area contributed by atoms with Crippen molar-refractivity contribution in [3.8, 4) is 0 Å². The Kier molecular flexibility index (Phi) is 3.57. The highest BCUT2D eigenvalue weighted by Gasteiger charge is 2.45. The summed E-state index contributed by atoms with van der Waals surface area (Å²) < 4.78 is 0. The highest BCUT2D eigenvalue weighted by atomic mass is 35.5. The summed E-state index contributed by atoms with van der Waals surface area (Å²) in [4.78, 5) is 0. The van der Waals surface area contributed by atoms with Gasteiger partial charge in [-0.1, -0.05) is 60.5 Å². The van der Waals surface area contributed by atoms with Gasteiger partial charge in [0.2, 0.25) is 0 Å². The molecule has 0 aliphatic heterocycles. The third-order valence-corrected chi connectivity index (χ3v) is 5.04. The number of benzene rings is 2. The summed E-state index contributed by atoms with van der Waals surface area (Å²) >= 11 is 6.20. The molecular formula is C18H19ClO. The summed E-state index contributed by atoms with van der Waals surface area (Å²) in [5, 5.41) is 11.6. The lowest BCUT2D eigenvalue weighted by atomic mass is 9.60. The quantitative estimate of drug-likeness (QED) is 0.859. The Morgan fingerprint density at radius 2 is 1.80 bits per heavy atom. The third-order valence-electron chi connectivity index (χ3n) is 4.63. The van der Waals surface area contributed by atoms with E-state index in [1.807, 2.05) is 43.3 Å². The Morgan fingerprint density at radius 1 is 1.10 bits per heavy atom. The molecule has 0 bridgehead atoms. The van der Waals surface area contributed by atoms with Crippen LogP contribution in [-0.2, 0) is 5.41 Å². The van der Waals surface area contributed by atoms with E-state index < -0.39 is 6.10 Å². The molecule has 1 aliphatic rings. The van der Waals surface area contributed by atoms with Crippen molar-refractivity contribution in [3.05, 3.63) is 70.2 Å². The molecular weight excluding hydrogens is 268 g/mol. The second-order valence-electron chi connectivity index (χ2n) is 5.79. The molecule has 1 atom stereocenters. The van der Waals surface area contributed by atoms with Crippen molar-refractivity contribution in [1.29, 1.82) is 0 Å². The summed E-state index contributed by atoms with van der Waals surface area (Å²) in [6, 6.07) is 16.2. The first-order chi connectivity index (χ1) is 9.63. The van der Waals surface area contributed by atoms with Crippen LogP contribution in [0.4, 0.5) is 0 Å². The van der Waals surface area contributed by atoms with Crippen LogP contribution < -0.4 is 0 Å². The average Bonchev–Trinajstić information content (AvgIpc) is 2.42. The maximum absolute atomic E-state index is 10.9. The van der Waals surface area contributed by atoms with Crippen molar-refractivity contribution in [2.24, 2.45) is 0 Å². The van der Waals surface area contributed by atoms with Gasteiger partial charge in [-0.3, -0.25) is 0 Å². The third kappa shape index (κ3) is 2.15. The summed E-state index contributed by atoms with van der Waals surface area (Å²) in [5.74, 6) is 0. The SMILES string of the molecule is Cc1ccc(C(O)C2(c3ccccc3)CCC2)cc1Cl. The molecule has 0 saturated heterocycles. The molecule has 0 radical (unpaired) electrons. The standard InChI is InChI=1S/C18H19ClO/c1-13-8-9-14(12-16(13)19)17(20)18(10-5-11-18)15-6-3-2-4-7-15/h2-4,6-9,12,17,20H,5,10-11H2,1H3. The molecule has 0 aromatic heterocycles. The predicted octanol–water partition coefficient (Wildman–Crippen LogP) is 4.80. The fourth-order valence-corrected chi connectivity index (χ4v) is 3.33. The van der Waals surface area contributed by atoms with Crippen LogP contribution in [0.15, 0.2) is 48.5 Å². The van der Waals surface area contributed by atoms with E-state index in [2.05, 4.69) is 12.1 Å². The number of hydrogen-bond donors (Lipinski definition) is 1. The maximum atomic E-state index is 10.9. The monoisotopic (exact) mass is 286 g/mol. The normalized spacial score (nSPS) is 18.4. The minimum absolute atomic E-state index is 0.139. The number of aliphatic hydroxyl groups excluding tert-OH is 1. The fraction of sp³-hybridized carbons (Fsp3) is 0.333. The first-order valence-corrected chi connectivity index (χ1v) is 7.51. The summed E-state index contributed by atoms with van der Waals surface area (Å²) in [5.41, 5.74) is 3.06. The van der Waals surface area contributed by atoms with E-state index in [1.165, 1.54) is 12.0 Å². The summed E-state index contributed by atoms with van der Waals surface area (Å²) in [6.45, 7) is 1.98. The molecule has 2 aromatic carbocycles. The van der Waals surface area contributed by atoms with Crippen LogP contribution in [0.5, 0.6) is 0 Å². The minimum atomic E-state index is -0.489. The van der Waals surface area contributed by atoms with E-state index in [0.29, 0.717) is 0 Å². The lowest BCUT2D eigenvalue weighted by molar-refractivity contribution is 0.0268. The van der Waals surface area contributed by atoms with Crippen molar-refractivity contribution in [2.75, 3.05) is 0 Å². The van der Waals surface area contributed by atoms with Gasteiger partial charge in [0.1, 0.15) is 0 Å². The topological polar surface area (TPSA) is 20.2 Å². The zero-order valence-corrected chi connectivity index (χ0v) is 12.4. The Labute approximate surface area is 125 Å². The van der Waals surface area contributed by atoms with Gasteiger partial charge in [0, 0.05) is 10.4 Å². The van der Waals surface area contributed by atoms with Crippen LogP contribution >= 0.6 is 11.6 Å². The van der Waals surface area contributed by atoms with E-state index >= 15 is 0 Å². The highest BCUT2D eigenvalue weighted by molar-refractivity contribution is 6.31. The van der Waals surface area contributed by atoms with Gasteiger partial charge < -0.3 is 5.11 Å². The minimum Gasteiger partial charge on any atom is -0.387 e. The van der Waals surface area contributed by atoms with Crippen molar-refractivity contribution in [2.45, 2.75) is 37.7 Å². The van der Waals surface area contributed by atoms with Crippen LogP contribution in [0.2, 0.25) is 5.02 Å². The molecule has 0 spiro atoms. The second-order valence-corrected chi connectivity index (χ2v) is 6.19. The smallest absolute Gasteiger partial charge is 0.0887 e. The fourth-order valence-electron chi connectivity index (χ4n) is 3.15. The van der Waals surface area contributed by atoms with Gasteiger partial charge in [0.15, 0.2) is 0 Å². The Bertz CT molecular complexity index is 602. The Morgan fingerprint density at radius 3 is 2.35 bits per heavy atom. The van der Waals surface area contributed by atoms with Gasteiger partial charge in [-0.05, 0) is 42.5 Å². The first kappa shape index (κ1) is 13.7. The number of halogens is 1. The van der Waals surface area contributed by atoms with Crippen LogP contribution in [0.25, 0.3) is 0 Å². The van der Waals surface area contributed by atoms with Crippen LogP contribution in [0.3, 0.4) is 0 Å². The predicted molar refractivity (Wildman–Crippen MR) is 83.1 cm³/mol. The first-order valence-electron chi connectivity index (χ1n) is 7.13. The molecule has 3 rings (SSSR count). The van der Waals surface area contributed by atoms with E-state index in [9.17, 15) is 5.11 Å². The summed E-state index contributed by atoms with van der Waals surface area (Å²) in [6.07, 6.45) is 2.75. The van der Waals surface area contributed by atoms with Crippen LogP contribution in [0, 0.1) is 6.92 Å². The molecule has 1 nitrogen and oxygen atoms in total. The molecule has 104 valence electrons. The van der Waals surface area contributed by atoms with Crippen molar-refractivity contribution in [3.63, 3.8) is 0 Å². The van der Waals surface area contributed by atoms with Gasteiger partial charge >= 0.3 is 0 Å². The molecule has 1 saturated carbocycles. The molecule has 2 heteroatoms. The van der Waals surface area contributed by atoms with E-state index in [4.69, 9.17) is 11.6 Å². The van der Waals surface area contributed by atoms with Gasteiger partial charge in [-0.15, -0.1) is 0 Å². The van der Waals surface area contributed by atoms with Crippen molar-refractivity contribution < 1.29 is 5.11 Å².